The number of fused-ring (bicyclic) bond motifs is 1. The zero-order valence-corrected chi connectivity index (χ0v) is 11.6. The van der Waals surface area contributed by atoms with E-state index in [0.29, 0.717) is 0 Å². The molecule has 1 aliphatic carbocycles. The Hall–Kier alpha value is -0.780. The van der Waals surface area contributed by atoms with Gasteiger partial charge in [-0.05, 0) is 53.9 Å². The molecule has 0 nitrogen and oxygen atoms in total. The SMILES string of the molecule is CC.CCc1cc(CC)c2c(c1)C(C)CC2. The highest BCUT2D eigenvalue weighted by atomic mass is 14.3. The third-order valence-electron chi connectivity index (χ3n) is 3.58. The van der Waals surface area contributed by atoms with Crippen LogP contribution < -0.4 is 0 Å². The maximum absolute atomic E-state index is 2.44. The molecule has 0 radical (unpaired) electrons. The summed E-state index contributed by atoms with van der Waals surface area (Å²) in [6.45, 7) is 10.9. The topological polar surface area (TPSA) is 0 Å². The van der Waals surface area contributed by atoms with Crippen molar-refractivity contribution in [2.24, 2.45) is 0 Å². The van der Waals surface area contributed by atoms with Gasteiger partial charge in [-0.15, -0.1) is 0 Å². The first kappa shape index (κ1) is 13.3. The highest BCUT2D eigenvalue weighted by molar-refractivity contribution is 5.44. The summed E-state index contributed by atoms with van der Waals surface area (Å²) in [7, 11) is 0. The molecule has 0 saturated carbocycles. The lowest BCUT2D eigenvalue weighted by molar-refractivity contribution is 0.746. The van der Waals surface area contributed by atoms with E-state index in [4.69, 9.17) is 0 Å². The van der Waals surface area contributed by atoms with Gasteiger partial charge < -0.3 is 0 Å². The van der Waals surface area contributed by atoms with E-state index in [0.717, 1.165) is 5.92 Å². The molecule has 0 aliphatic heterocycles. The van der Waals surface area contributed by atoms with Gasteiger partial charge in [0.15, 0.2) is 0 Å². The number of rotatable bonds is 2. The molecule has 0 spiro atoms. The van der Waals surface area contributed by atoms with Crippen LogP contribution in [-0.2, 0) is 19.3 Å². The molecular formula is C16H26. The smallest absolute Gasteiger partial charge is 0.0184 e. The third-order valence-corrected chi connectivity index (χ3v) is 3.58. The summed E-state index contributed by atoms with van der Waals surface area (Å²) in [5.74, 6) is 0.793. The van der Waals surface area contributed by atoms with Crippen molar-refractivity contribution in [2.45, 2.75) is 66.2 Å². The molecule has 1 unspecified atom stereocenters. The zero-order valence-electron chi connectivity index (χ0n) is 11.6. The lowest BCUT2D eigenvalue weighted by Crippen LogP contribution is -1.96. The van der Waals surface area contributed by atoms with Crippen molar-refractivity contribution in [1.82, 2.24) is 0 Å². The Morgan fingerprint density at radius 1 is 1.12 bits per heavy atom. The molecule has 1 aliphatic rings. The summed E-state index contributed by atoms with van der Waals surface area (Å²) < 4.78 is 0. The van der Waals surface area contributed by atoms with Crippen LogP contribution in [0.25, 0.3) is 0 Å². The number of benzene rings is 1. The molecule has 16 heavy (non-hydrogen) atoms. The largest absolute Gasteiger partial charge is 0.0683 e. The molecule has 1 aromatic rings. The monoisotopic (exact) mass is 218 g/mol. The fourth-order valence-corrected chi connectivity index (χ4v) is 2.61. The summed E-state index contributed by atoms with van der Waals surface area (Å²) in [5, 5.41) is 0. The van der Waals surface area contributed by atoms with Gasteiger partial charge in [-0.1, -0.05) is 46.8 Å². The first-order chi connectivity index (χ1) is 7.76. The Bertz CT molecular complexity index is 336. The molecule has 0 saturated heterocycles. The average molecular weight is 218 g/mol. The van der Waals surface area contributed by atoms with Crippen LogP contribution in [0, 0.1) is 0 Å². The van der Waals surface area contributed by atoms with E-state index >= 15 is 0 Å². The van der Waals surface area contributed by atoms with E-state index in [1.807, 2.05) is 13.8 Å². The van der Waals surface area contributed by atoms with Gasteiger partial charge in [-0.3, -0.25) is 0 Å². The van der Waals surface area contributed by atoms with Crippen LogP contribution in [0.3, 0.4) is 0 Å². The Morgan fingerprint density at radius 3 is 2.38 bits per heavy atom. The maximum Gasteiger partial charge on any atom is -0.0184 e. The lowest BCUT2D eigenvalue weighted by atomic mass is 9.94. The van der Waals surface area contributed by atoms with Crippen molar-refractivity contribution >= 4 is 0 Å². The molecule has 0 amide bonds. The molecule has 0 bridgehead atoms. The van der Waals surface area contributed by atoms with E-state index in [-0.39, 0.29) is 0 Å². The minimum atomic E-state index is 0.793. The van der Waals surface area contributed by atoms with Crippen LogP contribution in [-0.4, -0.2) is 0 Å². The van der Waals surface area contributed by atoms with Gasteiger partial charge >= 0.3 is 0 Å². The minimum absolute atomic E-state index is 0.793. The van der Waals surface area contributed by atoms with Crippen molar-refractivity contribution in [3.8, 4) is 0 Å². The fourth-order valence-electron chi connectivity index (χ4n) is 2.61. The van der Waals surface area contributed by atoms with Crippen molar-refractivity contribution in [3.63, 3.8) is 0 Å². The predicted octanol–water partition coefficient (Wildman–Crippen LogP) is 4.89. The Morgan fingerprint density at radius 2 is 1.81 bits per heavy atom. The van der Waals surface area contributed by atoms with Crippen molar-refractivity contribution in [2.75, 3.05) is 0 Å². The van der Waals surface area contributed by atoms with Crippen LogP contribution in [0.15, 0.2) is 12.1 Å². The summed E-state index contributed by atoms with van der Waals surface area (Å²) in [4.78, 5) is 0. The summed E-state index contributed by atoms with van der Waals surface area (Å²) in [6, 6.07) is 4.85. The second-order valence-electron chi connectivity index (χ2n) is 4.47. The van der Waals surface area contributed by atoms with Gasteiger partial charge in [-0.2, -0.15) is 0 Å². The molecule has 0 aromatic heterocycles. The van der Waals surface area contributed by atoms with Gasteiger partial charge in [0.05, 0.1) is 0 Å². The van der Waals surface area contributed by atoms with Gasteiger partial charge in [0, 0.05) is 0 Å². The highest BCUT2D eigenvalue weighted by Crippen LogP contribution is 2.35. The van der Waals surface area contributed by atoms with Crippen LogP contribution in [0.1, 0.15) is 69.2 Å². The quantitative estimate of drug-likeness (QED) is 0.663. The molecule has 1 aromatic carbocycles. The van der Waals surface area contributed by atoms with Crippen molar-refractivity contribution in [1.29, 1.82) is 0 Å². The Balaban J connectivity index is 0.000000606. The summed E-state index contributed by atoms with van der Waals surface area (Å²) in [5.41, 5.74) is 6.43. The second kappa shape index (κ2) is 6.08. The first-order valence-corrected chi connectivity index (χ1v) is 6.90. The number of hydrogen-bond donors (Lipinski definition) is 0. The average Bonchev–Trinajstić information content (AvgIpc) is 2.72. The molecule has 1 atom stereocenters. The highest BCUT2D eigenvalue weighted by Gasteiger charge is 2.21. The maximum atomic E-state index is 2.44. The third kappa shape index (κ3) is 2.48. The predicted molar refractivity (Wildman–Crippen MR) is 73.3 cm³/mol. The lowest BCUT2D eigenvalue weighted by Gasteiger charge is -2.11. The van der Waals surface area contributed by atoms with E-state index < -0.39 is 0 Å². The van der Waals surface area contributed by atoms with Crippen molar-refractivity contribution < 1.29 is 0 Å². The summed E-state index contributed by atoms with van der Waals surface area (Å²) in [6.07, 6.45) is 5.04. The van der Waals surface area contributed by atoms with Crippen LogP contribution >= 0.6 is 0 Å². The van der Waals surface area contributed by atoms with Crippen molar-refractivity contribution in [3.05, 3.63) is 34.4 Å². The van der Waals surface area contributed by atoms with Gasteiger partial charge in [-0.25, -0.2) is 0 Å². The van der Waals surface area contributed by atoms with Crippen LogP contribution in [0.4, 0.5) is 0 Å². The number of aryl methyl sites for hydroxylation is 2. The first-order valence-electron chi connectivity index (χ1n) is 6.90. The normalized spacial score (nSPS) is 17.7. The van der Waals surface area contributed by atoms with E-state index in [1.54, 1.807) is 16.7 Å². The fraction of sp³-hybridized carbons (Fsp3) is 0.625. The van der Waals surface area contributed by atoms with Gasteiger partial charge in [0.25, 0.3) is 0 Å². The molecule has 0 heteroatoms. The van der Waals surface area contributed by atoms with E-state index in [9.17, 15) is 0 Å². The Kier molecular flexibility index (Phi) is 5.05. The summed E-state index contributed by atoms with van der Waals surface area (Å²) >= 11 is 0. The van der Waals surface area contributed by atoms with Gasteiger partial charge in [0.1, 0.15) is 0 Å². The molecule has 90 valence electrons. The zero-order chi connectivity index (χ0) is 12.1. The molecule has 2 rings (SSSR count). The Labute approximate surface area is 101 Å². The molecule has 0 heterocycles. The molecular weight excluding hydrogens is 192 g/mol. The van der Waals surface area contributed by atoms with Crippen LogP contribution in [0.5, 0.6) is 0 Å². The van der Waals surface area contributed by atoms with E-state index in [1.165, 1.54) is 31.2 Å². The second-order valence-corrected chi connectivity index (χ2v) is 4.47. The molecule has 0 fully saturated rings. The standard InChI is InChI=1S/C14H20.C2H6/c1-4-11-8-12(5-2)13-7-6-10(3)14(13)9-11;1-2/h8-10H,4-7H2,1-3H3;1-2H3. The van der Waals surface area contributed by atoms with Gasteiger partial charge in [0.2, 0.25) is 0 Å². The van der Waals surface area contributed by atoms with E-state index in [2.05, 4.69) is 32.9 Å². The molecule has 0 N–H and O–H groups in total. The van der Waals surface area contributed by atoms with Crippen LogP contribution in [0.2, 0.25) is 0 Å². The number of hydrogen-bond acceptors (Lipinski definition) is 0. The minimum Gasteiger partial charge on any atom is -0.0683 e.